The largest absolute Gasteiger partial charge is 0.495 e. The first kappa shape index (κ1) is 21.2. The zero-order valence-electron chi connectivity index (χ0n) is 15.5. The van der Waals surface area contributed by atoms with Crippen molar-refractivity contribution in [3.8, 4) is 11.5 Å². The van der Waals surface area contributed by atoms with E-state index in [1.165, 1.54) is 44.6 Å². The SMILES string of the molecule is COc1cc(NC(=O)CC(C)=NNC(=O)c2cccc(F)c2)c(OC)cc1Cl. The summed E-state index contributed by atoms with van der Waals surface area (Å²) in [6.07, 6.45) is -0.0858. The first-order valence-corrected chi connectivity index (χ1v) is 8.52. The van der Waals surface area contributed by atoms with Crippen molar-refractivity contribution in [1.29, 1.82) is 0 Å². The van der Waals surface area contributed by atoms with Crippen molar-refractivity contribution < 1.29 is 23.5 Å². The number of ether oxygens (including phenoxy) is 2. The molecule has 0 saturated carbocycles. The number of nitrogens with one attached hydrogen (secondary N) is 2. The highest BCUT2D eigenvalue weighted by molar-refractivity contribution is 6.32. The summed E-state index contributed by atoms with van der Waals surface area (Å²) in [7, 11) is 2.90. The third-order valence-electron chi connectivity index (χ3n) is 3.60. The molecule has 148 valence electrons. The summed E-state index contributed by atoms with van der Waals surface area (Å²) < 4.78 is 23.5. The first-order chi connectivity index (χ1) is 13.3. The van der Waals surface area contributed by atoms with Crippen LogP contribution in [0.25, 0.3) is 0 Å². The van der Waals surface area contributed by atoms with Crippen LogP contribution in [-0.4, -0.2) is 31.7 Å². The van der Waals surface area contributed by atoms with Gasteiger partial charge in [0.2, 0.25) is 5.91 Å². The van der Waals surface area contributed by atoms with Gasteiger partial charge in [-0.2, -0.15) is 5.10 Å². The van der Waals surface area contributed by atoms with Gasteiger partial charge in [0.25, 0.3) is 5.91 Å². The van der Waals surface area contributed by atoms with Crippen molar-refractivity contribution in [3.05, 3.63) is 52.8 Å². The fourth-order valence-corrected chi connectivity index (χ4v) is 2.50. The molecule has 0 spiro atoms. The van der Waals surface area contributed by atoms with Crippen LogP contribution in [0.1, 0.15) is 23.7 Å². The molecule has 9 heteroatoms. The molecule has 0 radical (unpaired) electrons. The van der Waals surface area contributed by atoms with Gasteiger partial charge >= 0.3 is 0 Å². The Balaban J connectivity index is 2.00. The van der Waals surface area contributed by atoms with Gasteiger partial charge < -0.3 is 14.8 Å². The Hall–Kier alpha value is -3.13. The van der Waals surface area contributed by atoms with E-state index < -0.39 is 11.7 Å². The lowest BCUT2D eigenvalue weighted by Crippen LogP contribution is -2.21. The van der Waals surface area contributed by atoms with Gasteiger partial charge in [-0.15, -0.1) is 0 Å². The van der Waals surface area contributed by atoms with Gasteiger partial charge in [-0.25, -0.2) is 9.82 Å². The van der Waals surface area contributed by atoms with E-state index in [-0.39, 0.29) is 17.9 Å². The fraction of sp³-hybridized carbons (Fsp3) is 0.211. The molecule has 7 nitrogen and oxygen atoms in total. The second-order valence-electron chi connectivity index (χ2n) is 5.71. The topological polar surface area (TPSA) is 89.0 Å². The molecule has 0 aliphatic heterocycles. The molecule has 0 bridgehead atoms. The van der Waals surface area contributed by atoms with E-state index in [0.717, 1.165) is 6.07 Å². The number of benzene rings is 2. The lowest BCUT2D eigenvalue weighted by Gasteiger charge is -2.13. The maximum atomic E-state index is 13.2. The van der Waals surface area contributed by atoms with E-state index in [1.54, 1.807) is 6.92 Å². The Morgan fingerprint density at radius 1 is 1.14 bits per heavy atom. The standard InChI is InChI=1S/C19H19ClFN3O4/c1-11(23-24-19(26)12-5-4-6-13(21)8-12)7-18(25)22-15-10-16(27-2)14(20)9-17(15)28-3/h4-6,8-10H,7H2,1-3H3,(H,22,25)(H,24,26). The number of halogens is 2. The molecule has 2 rings (SSSR count). The molecule has 0 aromatic heterocycles. The number of rotatable bonds is 7. The minimum Gasteiger partial charge on any atom is -0.495 e. The number of methoxy groups -OCH3 is 2. The highest BCUT2D eigenvalue weighted by Crippen LogP contribution is 2.35. The predicted octanol–water partition coefficient (Wildman–Crippen LogP) is 3.63. The smallest absolute Gasteiger partial charge is 0.271 e. The van der Waals surface area contributed by atoms with Gasteiger partial charge in [0.05, 0.1) is 31.4 Å². The minimum atomic E-state index is -0.580. The molecule has 0 heterocycles. The zero-order valence-corrected chi connectivity index (χ0v) is 16.3. The number of hydrogen-bond donors (Lipinski definition) is 2. The Labute approximate surface area is 166 Å². The van der Waals surface area contributed by atoms with E-state index in [4.69, 9.17) is 21.1 Å². The average molecular weight is 408 g/mol. The van der Waals surface area contributed by atoms with Crippen LogP contribution in [0.15, 0.2) is 41.5 Å². The Morgan fingerprint density at radius 3 is 2.50 bits per heavy atom. The number of carbonyl (C=O) groups excluding carboxylic acids is 2. The molecular weight excluding hydrogens is 389 g/mol. The third-order valence-corrected chi connectivity index (χ3v) is 3.89. The van der Waals surface area contributed by atoms with Gasteiger partial charge in [0.15, 0.2) is 0 Å². The number of anilines is 1. The number of nitrogens with zero attached hydrogens (tertiary/aromatic N) is 1. The summed E-state index contributed by atoms with van der Waals surface area (Å²) >= 11 is 6.03. The summed E-state index contributed by atoms with van der Waals surface area (Å²) in [6, 6.07) is 8.26. The monoisotopic (exact) mass is 407 g/mol. The molecule has 2 amide bonds. The quantitative estimate of drug-likeness (QED) is 0.541. The molecule has 0 saturated heterocycles. The van der Waals surface area contributed by atoms with Gasteiger partial charge in [-0.05, 0) is 25.1 Å². The Kier molecular flexibility index (Phi) is 7.34. The molecule has 28 heavy (non-hydrogen) atoms. The summed E-state index contributed by atoms with van der Waals surface area (Å²) in [6.45, 7) is 1.57. The maximum absolute atomic E-state index is 13.2. The van der Waals surface area contributed by atoms with Crippen LogP contribution in [0.5, 0.6) is 11.5 Å². The second kappa shape index (κ2) is 9.70. The van der Waals surface area contributed by atoms with Crippen LogP contribution < -0.4 is 20.2 Å². The van der Waals surface area contributed by atoms with Gasteiger partial charge in [-0.1, -0.05) is 17.7 Å². The van der Waals surface area contributed by atoms with Crippen LogP contribution in [0.4, 0.5) is 10.1 Å². The van der Waals surface area contributed by atoms with Crippen LogP contribution in [0, 0.1) is 5.82 Å². The van der Waals surface area contributed by atoms with Crippen molar-refractivity contribution in [2.24, 2.45) is 5.10 Å². The number of hydrazone groups is 1. The van der Waals surface area contributed by atoms with Crippen LogP contribution in [0.2, 0.25) is 5.02 Å². The summed E-state index contributed by atoms with van der Waals surface area (Å²) in [5.41, 5.74) is 3.14. The molecule has 2 aromatic carbocycles. The molecule has 2 N–H and O–H groups in total. The first-order valence-electron chi connectivity index (χ1n) is 8.14. The van der Waals surface area contributed by atoms with Gasteiger partial charge in [0, 0.05) is 23.4 Å². The van der Waals surface area contributed by atoms with Crippen molar-refractivity contribution >= 4 is 34.8 Å². The zero-order chi connectivity index (χ0) is 20.7. The highest BCUT2D eigenvalue weighted by Gasteiger charge is 2.13. The molecule has 0 unspecified atom stereocenters. The van der Waals surface area contributed by atoms with E-state index in [1.807, 2.05) is 0 Å². The normalized spacial score (nSPS) is 11.0. The molecule has 2 aromatic rings. The van der Waals surface area contributed by atoms with E-state index in [0.29, 0.717) is 27.9 Å². The third kappa shape index (κ3) is 5.68. The van der Waals surface area contributed by atoms with Gasteiger partial charge in [-0.3, -0.25) is 9.59 Å². The van der Waals surface area contributed by atoms with Crippen molar-refractivity contribution in [2.45, 2.75) is 13.3 Å². The predicted molar refractivity (Wildman–Crippen MR) is 105 cm³/mol. The van der Waals surface area contributed by atoms with E-state index in [2.05, 4.69) is 15.8 Å². The van der Waals surface area contributed by atoms with Crippen LogP contribution in [-0.2, 0) is 4.79 Å². The second-order valence-corrected chi connectivity index (χ2v) is 6.12. The van der Waals surface area contributed by atoms with Crippen molar-refractivity contribution in [3.63, 3.8) is 0 Å². The number of hydrogen-bond acceptors (Lipinski definition) is 5. The molecule has 0 atom stereocenters. The van der Waals surface area contributed by atoms with Gasteiger partial charge in [0.1, 0.15) is 17.3 Å². The average Bonchev–Trinajstić information content (AvgIpc) is 2.66. The minimum absolute atomic E-state index is 0.0858. The number of amides is 2. The molecule has 0 aliphatic rings. The van der Waals surface area contributed by atoms with Crippen LogP contribution >= 0.6 is 11.6 Å². The van der Waals surface area contributed by atoms with Crippen LogP contribution in [0.3, 0.4) is 0 Å². The molecular formula is C19H19ClFN3O4. The lowest BCUT2D eigenvalue weighted by atomic mass is 10.2. The van der Waals surface area contributed by atoms with E-state index >= 15 is 0 Å². The lowest BCUT2D eigenvalue weighted by molar-refractivity contribution is -0.115. The fourth-order valence-electron chi connectivity index (χ4n) is 2.26. The number of carbonyl (C=O) groups is 2. The summed E-state index contributed by atoms with van der Waals surface area (Å²) in [4.78, 5) is 24.2. The highest BCUT2D eigenvalue weighted by atomic mass is 35.5. The van der Waals surface area contributed by atoms with E-state index in [9.17, 15) is 14.0 Å². The molecule has 0 fully saturated rings. The molecule has 0 aliphatic carbocycles. The Bertz CT molecular complexity index is 918. The Morgan fingerprint density at radius 2 is 1.86 bits per heavy atom. The van der Waals surface area contributed by atoms with Crippen molar-refractivity contribution in [2.75, 3.05) is 19.5 Å². The summed E-state index contributed by atoms with van der Waals surface area (Å²) in [5.74, 6) is -0.744. The maximum Gasteiger partial charge on any atom is 0.271 e. The van der Waals surface area contributed by atoms with Crippen molar-refractivity contribution in [1.82, 2.24) is 5.43 Å². The summed E-state index contributed by atoms with van der Waals surface area (Å²) in [5, 5.41) is 6.88.